The predicted molar refractivity (Wildman–Crippen MR) is 552 cm³/mol. The van der Waals surface area contributed by atoms with Gasteiger partial charge < -0.3 is 13.5 Å². The standard InChI is InChI=1S/C55H35N3.C38H21F9O3S.C27H26BN3O2/c1-3-14-40(15-4-1)53-56-54(41-16-5-2-6-17-41)58-55(57-53)42-29-25-38(26-30-42)45-33-31-37-13-7-8-18-44(37)52(45)39-27-23-36(24-28-39)43-32-34-50-48-21-10-9-19-46(48)47-20-11-12-22-49(47)51(50)35-43;39-35(40,37(43,44)45)36(41,42)38(46,47)51(48,49)50-33-20-18-23-7-1-2-8-26(23)34(33)24-15-13-22(14-16-24)25-17-19-31-29-11-4-3-9-27(29)28-10-5-6-12-30(28)32(31)21-25;1-26(2)27(3,4)33-28(32-26)22-17-15-21(16-18-22)25-30-23(19-11-7-5-8-12-19)29-24(31-25)20-13-9-6-10-14-20/h1-35H;1-21H;5-18H,1-4H3. The van der Waals surface area contributed by atoms with E-state index in [0.717, 1.165) is 88.4 Å². The Labute approximate surface area is 811 Å². The third-order valence-electron chi connectivity index (χ3n) is 26.5. The lowest BCUT2D eigenvalue weighted by Gasteiger charge is -2.32. The first-order valence-corrected chi connectivity index (χ1v) is 47.3. The van der Waals surface area contributed by atoms with Crippen molar-refractivity contribution >= 4 is 109 Å². The number of fused-ring (bicyclic) bond motifs is 14. The van der Waals surface area contributed by atoms with Crippen molar-refractivity contribution in [3.05, 3.63) is 425 Å². The molecule has 142 heavy (non-hydrogen) atoms. The summed E-state index contributed by atoms with van der Waals surface area (Å²) in [5, 5.41) is 9.91. The summed E-state index contributed by atoms with van der Waals surface area (Å²) < 4.78 is 165. The summed E-state index contributed by atoms with van der Waals surface area (Å²) in [4.78, 5) is 29.1. The minimum atomic E-state index is -7.44. The van der Waals surface area contributed by atoms with Gasteiger partial charge in [0.15, 0.2) is 40.7 Å². The largest absolute Gasteiger partial charge is 0.494 e. The van der Waals surface area contributed by atoms with Gasteiger partial charge in [0, 0.05) is 38.9 Å². The van der Waals surface area contributed by atoms with E-state index in [1.165, 1.54) is 101 Å². The van der Waals surface area contributed by atoms with E-state index in [0.29, 0.717) is 45.9 Å². The molecule has 1 aliphatic heterocycles. The highest BCUT2D eigenvalue weighted by Crippen LogP contribution is 2.56. The first-order valence-electron chi connectivity index (χ1n) is 45.9. The highest BCUT2D eigenvalue weighted by molar-refractivity contribution is 7.88. The number of halogens is 9. The number of hydrogen-bond donors (Lipinski definition) is 0. The normalized spacial score (nSPS) is 13.3. The SMILES string of the molecule is CC1(C)OB(c2ccc(-c3nc(-c4ccccc4)nc(-c4ccccc4)n3)cc2)OC1(C)C.O=S(=O)(Oc1ccc2ccccc2c1-c1ccc(-c2ccc3c4ccccc4c4ccccc4c3c2)cc1)C(F)(F)C(F)(F)C(F)(F)C(F)(F)F.c1ccc(-c2nc(-c3ccccc3)nc(-c3ccc(-c4ccc5ccccc5c4-c4ccc(-c5ccc6c7ccccc7c7ccccc7c6c5)cc4)cc3)n2)cc1. The average molecular weight is 1900 g/mol. The maximum atomic E-state index is 14.6. The number of nitrogens with zero attached hydrogens (tertiary/aromatic N) is 6. The van der Waals surface area contributed by atoms with E-state index in [1.807, 2.05) is 212 Å². The van der Waals surface area contributed by atoms with Crippen LogP contribution >= 0.6 is 0 Å². The van der Waals surface area contributed by atoms with Gasteiger partial charge in [-0.3, -0.25) is 0 Å². The summed E-state index contributed by atoms with van der Waals surface area (Å²) in [6, 6.07) is 140. The first kappa shape index (κ1) is 92.0. The van der Waals surface area contributed by atoms with Gasteiger partial charge in [0.05, 0.1) is 11.2 Å². The van der Waals surface area contributed by atoms with Crippen molar-refractivity contribution in [3.63, 3.8) is 0 Å². The van der Waals surface area contributed by atoms with Gasteiger partial charge >= 0.3 is 40.5 Å². The summed E-state index contributed by atoms with van der Waals surface area (Å²) in [7, 11) is -7.58. The molecule has 0 aliphatic carbocycles. The summed E-state index contributed by atoms with van der Waals surface area (Å²) in [5.41, 5.74) is 14.3. The minimum Gasteiger partial charge on any atom is -0.399 e. The van der Waals surface area contributed by atoms with Crippen LogP contribution < -0.4 is 9.65 Å². The monoisotopic (exact) mass is 1900 g/mol. The molecule has 0 bridgehead atoms. The maximum absolute atomic E-state index is 14.6. The van der Waals surface area contributed by atoms with Crippen molar-refractivity contribution < 1.29 is 61.4 Å². The number of aromatic nitrogens is 6. The summed E-state index contributed by atoms with van der Waals surface area (Å²) in [6.07, 6.45) is -7.21. The Morgan fingerprint density at radius 2 is 0.507 bits per heavy atom. The van der Waals surface area contributed by atoms with Gasteiger partial charge in [-0.1, -0.05) is 406 Å². The van der Waals surface area contributed by atoms with Crippen LogP contribution in [0.2, 0.25) is 0 Å². The summed E-state index contributed by atoms with van der Waals surface area (Å²) >= 11 is 0. The van der Waals surface area contributed by atoms with Crippen molar-refractivity contribution in [2.45, 2.75) is 62.2 Å². The Morgan fingerprint density at radius 1 is 0.246 bits per heavy atom. The Morgan fingerprint density at radius 3 is 0.859 bits per heavy atom. The highest BCUT2D eigenvalue weighted by atomic mass is 32.2. The molecule has 1 aliphatic rings. The predicted octanol–water partition coefficient (Wildman–Crippen LogP) is 31.4. The topological polar surface area (TPSA) is 139 Å². The molecule has 3 heterocycles. The van der Waals surface area contributed by atoms with Crippen molar-refractivity contribution in [1.29, 1.82) is 0 Å². The van der Waals surface area contributed by atoms with E-state index in [-0.39, 0.29) is 27.7 Å². The Hall–Kier alpha value is -16.4. The maximum Gasteiger partial charge on any atom is 0.494 e. The summed E-state index contributed by atoms with van der Waals surface area (Å²) in [5.74, 6) is -12.0. The molecule has 11 nitrogen and oxygen atoms in total. The molecule has 0 radical (unpaired) electrons. The van der Waals surface area contributed by atoms with Crippen LogP contribution in [0.25, 0.3) is 210 Å². The second kappa shape index (κ2) is 36.7. The fraction of sp³-hybridized carbons (Fsp3) is 0.0833. The van der Waals surface area contributed by atoms with Crippen LogP contribution in [-0.2, 0) is 19.4 Å². The molecule has 0 spiro atoms. The fourth-order valence-corrected chi connectivity index (χ4v) is 19.3. The van der Waals surface area contributed by atoms with Crippen LogP contribution in [0.3, 0.4) is 0 Å². The molecule has 22 aromatic rings. The van der Waals surface area contributed by atoms with Crippen LogP contribution in [0.5, 0.6) is 5.75 Å². The molecule has 0 amide bonds. The third-order valence-corrected chi connectivity index (χ3v) is 27.8. The van der Waals surface area contributed by atoms with E-state index >= 15 is 0 Å². The van der Waals surface area contributed by atoms with E-state index in [9.17, 15) is 47.9 Å². The lowest BCUT2D eigenvalue weighted by Crippen LogP contribution is -2.63. The summed E-state index contributed by atoms with van der Waals surface area (Å²) in [6.45, 7) is 8.23. The number of alkyl halides is 9. The molecule has 0 saturated carbocycles. The van der Waals surface area contributed by atoms with Gasteiger partial charge in [-0.25, -0.2) is 29.9 Å². The lowest BCUT2D eigenvalue weighted by atomic mass is 9.79. The van der Waals surface area contributed by atoms with E-state index in [2.05, 4.69) is 184 Å². The van der Waals surface area contributed by atoms with E-state index in [1.54, 1.807) is 24.3 Å². The van der Waals surface area contributed by atoms with Gasteiger partial charge in [-0.2, -0.15) is 47.9 Å². The van der Waals surface area contributed by atoms with Gasteiger partial charge in [0.25, 0.3) is 0 Å². The molecule has 0 unspecified atom stereocenters. The molecular formula is C120H82BF9N6O5S. The van der Waals surface area contributed by atoms with Crippen molar-refractivity contribution in [1.82, 2.24) is 29.9 Å². The Kier molecular flexibility index (Phi) is 23.8. The third kappa shape index (κ3) is 17.1. The lowest BCUT2D eigenvalue weighted by molar-refractivity contribution is -0.382. The van der Waals surface area contributed by atoms with E-state index < -0.39 is 46.3 Å². The molecule has 0 atom stereocenters. The molecule has 1 saturated heterocycles. The quantitative estimate of drug-likeness (QED) is 0.0372. The highest BCUT2D eigenvalue weighted by Gasteiger charge is 2.86. The van der Waals surface area contributed by atoms with Crippen molar-refractivity contribution in [3.8, 4) is 130 Å². The van der Waals surface area contributed by atoms with Gasteiger partial charge in [-0.15, -0.1) is 0 Å². The van der Waals surface area contributed by atoms with Gasteiger partial charge in [0.2, 0.25) is 0 Å². The first-order chi connectivity index (χ1) is 68.5. The van der Waals surface area contributed by atoms with Crippen LogP contribution in [0.1, 0.15) is 27.7 Å². The smallest absolute Gasteiger partial charge is 0.399 e. The number of rotatable bonds is 17. The fourth-order valence-electron chi connectivity index (χ4n) is 18.4. The molecule has 1 fully saturated rings. The number of hydrogen-bond acceptors (Lipinski definition) is 11. The van der Waals surface area contributed by atoms with Crippen LogP contribution in [-0.4, -0.2) is 79.9 Å². The second-order valence-corrected chi connectivity index (χ2v) is 37.4. The van der Waals surface area contributed by atoms with Crippen molar-refractivity contribution in [2.75, 3.05) is 0 Å². The molecule has 694 valence electrons. The number of benzene rings is 20. The Bertz CT molecular complexity index is 8520. The zero-order chi connectivity index (χ0) is 98.0. The van der Waals surface area contributed by atoms with Gasteiger partial charge in [0.1, 0.15) is 0 Å². The minimum absolute atomic E-state index is 0.133. The van der Waals surface area contributed by atoms with Crippen LogP contribution in [0.4, 0.5) is 39.5 Å². The molecule has 20 aromatic carbocycles. The zero-order valence-corrected chi connectivity index (χ0v) is 77.3. The molecule has 22 heteroatoms. The molecular weight excluding hydrogens is 1820 g/mol. The van der Waals surface area contributed by atoms with Crippen molar-refractivity contribution in [2.24, 2.45) is 0 Å². The Balaban J connectivity index is 0.000000131. The van der Waals surface area contributed by atoms with Crippen LogP contribution in [0, 0.1) is 0 Å². The van der Waals surface area contributed by atoms with E-state index in [4.69, 9.17) is 39.2 Å². The molecule has 23 rings (SSSR count). The second-order valence-electron chi connectivity index (χ2n) is 35.8. The molecule has 2 aromatic heterocycles. The van der Waals surface area contributed by atoms with Gasteiger partial charge in [-0.05, 0) is 188 Å². The average Bonchev–Trinajstić information content (AvgIpc) is 0.880. The van der Waals surface area contributed by atoms with Crippen LogP contribution in [0.15, 0.2) is 425 Å². The molecule has 0 N–H and O–H groups in total. The zero-order valence-electron chi connectivity index (χ0n) is 76.5.